The van der Waals surface area contributed by atoms with E-state index in [-0.39, 0.29) is 13.2 Å². The molecule has 0 bridgehead atoms. The first-order valence-corrected chi connectivity index (χ1v) is 9.53. The third-order valence-electron chi connectivity index (χ3n) is 4.68. The van der Waals surface area contributed by atoms with Gasteiger partial charge in [0.25, 0.3) is 0 Å². The van der Waals surface area contributed by atoms with Gasteiger partial charge in [0, 0.05) is 5.92 Å². The van der Waals surface area contributed by atoms with Crippen molar-refractivity contribution in [2.45, 2.75) is 13.8 Å². The van der Waals surface area contributed by atoms with Gasteiger partial charge in [0.05, 0.1) is 13.2 Å². The molecule has 0 saturated carbocycles. The van der Waals surface area contributed by atoms with Gasteiger partial charge in [-0.25, -0.2) is 0 Å². The molecule has 0 fully saturated rings. The first kappa shape index (κ1) is 19.6. The monoisotopic (exact) mass is 376 g/mol. The smallest absolute Gasteiger partial charge is 0.321 e. The van der Waals surface area contributed by atoms with E-state index in [0.717, 1.165) is 22.3 Å². The average Bonchev–Trinajstić information content (AvgIpc) is 2.71. The highest BCUT2D eigenvalue weighted by Crippen LogP contribution is 2.39. The molecule has 0 amide bonds. The second kappa shape index (κ2) is 9.18. The van der Waals surface area contributed by atoms with Crippen LogP contribution in [0.4, 0.5) is 0 Å². The number of carbonyl (C=O) groups excluding carboxylic acids is 2. The molecule has 4 heteroatoms. The Morgan fingerprint density at radius 2 is 1.54 bits per heavy atom. The van der Waals surface area contributed by atoms with Crippen LogP contribution in [0, 0.1) is 11.8 Å². The van der Waals surface area contributed by atoms with E-state index >= 15 is 0 Å². The molecular weight excluding hydrogens is 352 g/mol. The molecule has 0 radical (unpaired) electrons. The van der Waals surface area contributed by atoms with Crippen LogP contribution in [0.15, 0.2) is 60.7 Å². The highest BCUT2D eigenvalue weighted by molar-refractivity contribution is 6.01. The molecular formula is C24H24O4. The lowest BCUT2D eigenvalue weighted by atomic mass is 9.76. The fourth-order valence-electron chi connectivity index (χ4n) is 3.44. The molecule has 1 aliphatic carbocycles. The SMILES string of the molecule is CCOC(=O)C(C(=O)OCC)C1C=Cc2ccccc2/C1=C\c1ccccc1. The molecule has 4 nitrogen and oxygen atoms in total. The Morgan fingerprint density at radius 3 is 2.18 bits per heavy atom. The molecule has 3 rings (SSSR count). The molecule has 0 aromatic heterocycles. The van der Waals surface area contributed by atoms with E-state index in [1.54, 1.807) is 13.8 Å². The van der Waals surface area contributed by atoms with Crippen LogP contribution in [0.25, 0.3) is 17.7 Å². The minimum absolute atomic E-state index is 0.208. The summed E-state index contributed by atoms with van der Waals surface area (Å²) < 4.78 is 10.4. The van der Waals surface area contributed by atoms with Crippen LogP contribution in [0.2, 0.25) is 0 Å². The van der Waals surface area contributed by atoms with Gasteiger partial charge in [-0.1, -0.05) is 72.8 Å². The van der Waals surface area contributed by atoms with Crippen LogP contribution in [-0.4, -0.2) is 25.2 Å². The maximum absolute atomic E-state index is 12.7. The number of fused-ring (bicyclic) bond motifs is 1. The highest BCUT2D eigenvalue weighted by Gasteiger charge is 2.39. The van der Waals surface area contributed by atoms with Crippen molar-refractivity contribution in [3.05, 3.63) is 77.4 Å². The first-order valence-electron chi connectivity index (χ1n) is 9.53. The van der Waals surface area contributed by atoms with Crippen molar-refractivity contribution in [1.29, 1.82) is 0 Å². The summed E-state index contributed by atoms with van der Waals surface area (Å²) in [5, 5.41) is 0. The van der Waals surface area contributed by atoms with Crippen LogP contribution in [0.5, 0.6) is 0 Å². The second-order valence-electron chi connectivity index (χ2n) is 6.46. The first-order chi connectivity index (χ1) is 13.7. The lowest BCUT2D eigenvalue weighted by Gasteiger charge is -2.28. The summed E-state index contributed by atoms with van der Waals surface area (Å²) in [5.74, 6) is -2.63. The molecule has 1 atom stereocenters. The average molecular weight is 376 g/mol. The fourth-order valence-corrected chi connectivity index (χ4v) is 3.44. The Hall–Kier alpha value is -3.14. The molecule has 2 aromatic carbocycles. The van der Waals surface area contributed by atoms with Gasteiger partial charge in [0.1, 0.15) is 0 Å². The van der Waals surface area contributed by atoms with E-state index in [1.165, 1.54) is 0 Å². The number of esters is 2. The number of carbonyl (C=O) groups is 2. The van der Waals surface area contributed by atoms with Crippen LogP contribution >= 0.6 is 0 Å². The zero-order valence-electron chi connectivity index (χ0n) is 16.1. The summed E-state index contributed by atoms with van der Waals surface area (Å²) in [4.78, 5) is 25.4. The molecule has 1 unspecified atom stereocenters. The van der Waals surface area contributed by atoms with E-state index in [1.807, 2.05) is 72.8 Å². The van der Waals surface area contributed by atoms with Gasteiger partial charge in [-0.2, -0.15) is 0 Å². The zero-order valence-corrected chi connectivity index (χ0v) is 16.1. The third-order valence-corrected chi connectivity index (χ3v) is 4.68. The van der Waals surface area contributed by atoms with E-state index in [9.17, 15) is 9.59 Å². The summed E-state index contributed by atoms with van der Waals surface area (Å²) in [6.07, 6.45) is 5.88. The van der Waals surface area contributed by atoms with Crippen molar-refractivity contribution in [2.24, 2.45) is 11.8 Å². The molecule has 0 spiro atoms. The van der Waals surface area contributed by atoms with Gasteiger partial charge in [0.2, 0.25) is 0 Å². The van der Waals surface area contributed by atoms with Gasteiger partial charge >= 0.3 is 11.9 Å². The Kier molecular flexibility index (Phi) is 6.43. The standard InChI is InChI=1S/C24H24O4/c1-3-27-23(25)22(24(26)28-4-2)20-15-14-18-12-8-9-13-19(18)21(20)16-17-10-6-5-7-11-17/h5-16,20,22H,3-4H2,1-2H3/b21-16+. The summed E-state index contributed by atoms with van der Waals surface area (Å²) >= 11 is 0. The topological polar surface area (TPSA) is 52.6 Å². The Bertz CT molecular complexity index is 878. The van der Waals surface area contributed by atoms with Gasteiger partial charge in [-0.15, -0.1) is 0 Å². The predicted octanol–water partition coefficient (Wildman–Crippen LogP) is 4.61. The number of benzene rings is 2. The van der Waals surface area contributed by atoms with Crippen LogP contribution in [-0.2, 0) is 19.1 Å². The Morgan fingerprint density at radius 1 is 0.929 bits per heavy atom. The van der Waals surface area contributed by atoms with Crippen molar-refractivity contribution < 1.29 is 19.1 Å². The van der Waals surface area contributed by atoms with E-state index in [4.69, 9.17) is 9.47 Å². The van der Waals surface area contributed by atoms with E-state index in [0.29, 0.717) is 0 Å². The fraction of sp³-hybridized carbons (Fsp3) is 0.250. The largest absolute Gasteiger partial charge is 0.465 e. The molecule has 0 heterocycles. The number of rotatable bonds is 6. The van der Waals surface area contributed by atoms with Crippen LogP contribution < -0.4 is 0 Å². The quantitative estimate of drug-likeness (QED) is 0.546. The normalized spacial score (nSPS) is 16.7. The highest BCUT2D eigenvalue weighted by atomic mass is 16.6. The molecule has 0 aliphatic heterocycles. The summed E-state index contributed by atoms with van der Waals surface area (Å²) in [7, 11) is 0. The van der Waals surface area contributed by atoms with Gasteiger partial charge in [-0.3, -0.25) is 9.59 Å². The van der Waals surface area contributed by atoms with Gasteiger partial charge < -0.3 is 9.47 Å². The third kappa shape index (κ3) is 4.22. The van der Waals surface area contributed by atoms with Crippen LogP contribution in [0.3, 0.4) is 0 Å². The van der Waals surface area contributed by atoms with Crippen molar-refractivity contribution in [2.75, 3.05) is 13.2 Å². The second-order valence-corrected chi connectivity index (χ2v) is 6.46. The predicted molar refractivity (Wildman–Crippen MR) is 110 cm³/mol. The molecule has 2 aromatic rings. The number of hydrogen-bond donors (Lipinski definition) is 0. The zero-order chi connectivity index (χ0) is 19.9. The maximum atomic E-state index is 12.7. The molecule has 144 valence electrons. The summed E-state index contributed by atoms with van der Waals surface area (Å²) in [6, 6.07) is 17.8. The molecule has 0 N–H and O–H groups in total. The van der Waals surface area contributed by atoms with Gasteiger partial charge in [0.15, 0.2) is 5.92 Å². The maximum Gasteiger partial charge on any atom is 0.321 e. The minimum atomic E-state index is -1.04. The summed E-state index contributed by atoms with van der Waals surface area (Å²) in [5.41, 5.74) is 3.94. The molecule has 28 heavy (non-hydrogen) atoms. The van der Waals surface area contributed by atoms with E-state index in [2.05, 4.69) is 0 Å². The van der Waals surface area contributed by atoms with E-state index < -0.39 is 23.8 Å². The lowest BCUT2D eigenvalue weighted by Crippen LogP contribution is -2.35. The van der Waals surface area contributed by atoms with Crippen molar-refractivity contribution in [3.8, 4) is 0 Å². The molecule has 0 saturated heterocycles. The van der Waals surface area contributed by atoms with Crippen molar-refractivity contribution >= 4 is 29.7 Å². The Labute approximate surface area is 165 Å². The van der Waals surface area contributed by atoms with Crippen LogP contribution in [0.1, 0.15) is 30.5 Å². The number of allylic oxidation sites excluding steroid dienone is 2. The molecule has 1 aliphatic rings. The van der Waals surface area contributed by atoms with Crippen molar-refractivity contribution in [3.63, 3.8) is 0 Å². The van der Waals surface area contributed by atoms with Gasteiger partial charge in [-0.05, 0) is 36.1 Å². The van der Waals surface area contributed by atoms with Crippen molar-refractivity contribution in [1.82, 2.24) is 0 Å². The lowest BCUT2D eigenvalue weighted by molar-refractivity contribution is -0.162. The number of ether oxygens (including phenoxy) is 2. The number of hydrogen-bond acceptors (Lipinski definition) is 4. The Balaban J connectivity index is 2.11. The summed E-state index contributed by atoms with van der Waals surface area (Å²) in [6.45, 7) is 3.87. The minimum Gasteiger partial charge on any atom is -0.465 e.